The van der Waals surface area contributed by atoms with E-state index in [1.54, 1.807) is 7.05 Å². The number of nitrogens with two attached hydrogens (primary N) is 2. The Morgan fingerprint density at radius 3 is 1.96 bits per heavy atom. The zero-order valence-electron chi connectivity index (χ0n) is 15.4. The van der Waals surface area contributed by atoms with Gasteiger partial charge in [0.05, 0.1) is 0 Å². The Balaban J connectivity index is 1.41. The number of rotatable bonds is 9. The van der Waals surface area contributed by atoms with Crippen LogP contribution in [0.2, 0.25) is 0 Å². The largest absolute Gasteiger partial charge is 0.368 e. The van der Waals surface area contributed by atoms with Crippen molar-refractivity contribution in [2.45, 2.75) is 25.7 Å². The third-order valence-electron chi connectivity index (χ3n) is 4.08. The van der Waals surface area contributed by atoms with Crippen molar-refractivity contribution in [2.24, 2.45) is 0 Å². The first-order valence-corrected chi connectivity index (χ1v) is 9.07. The highest BCUT2D eigenvalue weighted by molar-refractivity contribution is 5.42. The first-order chi connectivity index (χ1) is 13.1. The maximum absolute atomic E-state index is 5.81. The maximum Gasteiger partial charge on any atom is 0.231 e. The van der Waals surface area contributed by atoms with Gasteiger partial charge in [-0.05, 0) is 25.7 Å². The van der Waals surface area contributed by atoms with Gasteiger partial charge in [0.1, 0.15) is 0 Å². The summed E-state index contributed by atoms with van der Waals surface area (Å²) in [5.41, 5.74) is 11.4. The highest BCUT2D eigenvalue weighted by Crippen LogP contribution is 2.17. The fourth-order valence-corrected chi connectivity index (χ4v) is 2.75. The van der Waals surface area contributed by atoms with Gasteiger partial charge < -0.3 is 32.3 Å². The molecule has 0 aliphatic carbocycles. The van der Waals surface area contributed by atoms with Crippen molar-refractivity contribution in [3.63, 3.8) is 0 Å². The summed E-state index contributed by atoms with van der Waals surface area (Å²) >= 11 is 0. The molecule has 3 rings (SSSR count). The van der Waals surface area contributed by atoms with Crippen LogP contribution in [0.1, 0.15) is 25.7 Å². The van der Waals surface area contributed by atoms with E-state index in [0.717, 1.165) is 45.3 Å². The van der Waals surface area contributed by atoms with Crippen LogP contribution in [0.5, 0.6) is 0 Å². The Kier molecular flexibility index (Phi) is 6.18. The molecular formula is C15H26N12. The Morgan fingerprint density at radius 1 is 0.778 bits per heavy atom. The normalized spacial score (nSPS) is 13.6. The summed E-state index contributed by atoms with van der Waals surface area (Å²) in [4.78, 5) is 27.2. The molecule has 1 aliphatic rings. The fourth-order valence-electron chi connectivity index (χ4n) is 2.75. The minimum Gasteiger partial charge on any atom is -0.368 e. The minimum absolute atomic E-state index is 0.180. The van der Waals surface area contributed by atoms with E-state index in [4.69, 9.17) is 11.5 Å². The molecule has 0 radical (unpaired) electrons. The summed E-state index contributed by atoms with van der Waals surface area (Å²) in [6.45, 7) is 3.37. The average Bonchev–Trinajstić information content (AvgIpc) is 3.18. The SMILES string of the molecule is CNc1nc(N)nc(NCCCCNc2nc(N)nc(N3CCCC3)n2)n1. The standard InChI is InChI=1S/C15H26N12/c1-18-12-21-10(16)22-13(25-12)19-6-2-3-7-20-14-23-11(17)24-15(26-14)27-8-4-5-9-27/h2-9H2,1H3,(H3,17,20,23,24,26)(H4,16,18,19,21,22,25). The van der Waals surface area contributed by atoms with Crippen LogP contribution in [0.4, 0.5) is 35.7 Å². The Bertz CT molecular complexity index is 746. The lowest BCUT2D eigenvalue weighted by atomic mass is 10.3. The average molecular weight is 374 g/mol. The molecule has 2 aromatic heterocycles. The van der Waals surface area contributed by atoms with Crippen LogP contribution in [0.3, 0.4) is 0 Å². The van der Waals surface area contributed by atoms with Crippen molar-refractivity contribution in [1.29, 1.82) is 0 Å². The monoisotopic (exact) mass is 374 g/mol. The second-order valence-electron chi connectivity index (χ2n) is 6.16. The predicted molar refractivity (Wildman–Crippen MR) is 106 cm³/mol. The fraction of sp³-hybridized carbons (Fsp3) is 0.600. The molecule has 0 atom stereocenters. The molecule has 146 valence electrons. The number of anilines is 6. The van der Waals surface area contributed by atoms with Crippen molar-refractivity contribution >= 4 is 35.7 Å². The van der Waals surface area contributed by atoms with Gasteiger partial charge in [0.15, 0.2) is 0 Å². The molecule has 1 saturated heterocycles. The van der Waals surface area contributed by atoms with Gasteiger partial charge in [-0.2, -0.15) is 29.9 Å². The van der Waals surface area contributed by atoms with Gasteiger partial charge in [-0.25, -0.2) is 0 Å². The number of nitrogen functional groups attached to an aromatic ring is 2. The molecule has 27 heavy (non-hydrogen) atoms. The van der Waals surface area contributed by atoms with Crippen LogP contribution in [-0.2, 0) is 0 Å². The van der Waals surface area contributed by atoms with Gasteiger partial charge >= 0.3 is 0 Å². The van der Waals surface area contributed by atoms with Crippen LogP contribution in [-0.4, -0.2) is 63.1 Å². The summed E-state index contributed by atoms with van der Waals surface area (Å²) in [5.74, 6) is 2.48. The zero-order chi connectivity index (χ0) is 19.1. The number of hydrogen-bond donors (Lipinski definition) is 5. The molecule has 0 bridgehead atoms. The molecule has 12 heteroatoms. The van der Waals surface area contributed by atoms with Crippen molar-refractivity contribution in [3.05, 3.63) is 0 Å². The molecule has 12 nitrogen and oxygen atoms in total. The van der Waals surface area contributed by atoms with E-state index in [-0.39, 0.29) is 11.9 Å². The van der Waals surface area contributed by atoms with E-state index in [9.17, 15) is 0 Å². The summed E-state index contributed by atoms with van der Waals surface area (Å²) < 4.78 is 0. The van der Waals surface area contributed by atoms with Crippen LogP contribution < -0.4 is 32.3 Å². The highest BCUT2D eigenvalue weighted by atomic mass is 15.3. The van der Waals surface area contributed by atoms with Crippen molar-refractivity contribution in [3.8, 4) is 0 Å². The quantitative estimate of drug-likeness (QED) is 0.378. The Labute approximate surface area is 157 Å². The molecule has 1 aliphatic heterocycles. The number of nitrogens with zero attached hydrogens (tertiary/aromatic N) is 7. The van der Waals surface area contributed by atoms with Crippen LogP contribution in [0, 0.1) is 0 Å². The molecule has 0 aromatic carbocycles. The highest BCUT2D eigenvalue weighted by Gasteiger charge is 2.16. The van der Waals surface area contributed by atoms with Gasteiger partial charge in [-0.3, -0.25) is 0 Å². The van der Waals surface area contributed by atoms with E-state index < -0.39 is 0 Å². The molecule has 0 amide bonds. The Hall–Kier alpha value is -3.18. The third-order valence-corrected chi connectivity index (χ3v) is 4.08. The lowest BCUT2D eigenvalue weighted by Gasteiger charge is -2.16. The molecule has 7 N–H and O–H groups in total. The molecular weight excluding hydrogens is 348 g/mol. The van der Waals surface area contributed by atoms with E-state index in [2.05, 4.69) is 50.8 Å². The van der Waals surface area contributed by atoms with Gasteiger partial charge in [-0.1, -0.05) is 0 Å². The van der Waals surface area contributed by atoms with Crippen molar-refractivity contribution in [2.75, 3.05) is 65.5 Å². The second-order valence-corrected chi connectivity index (χ2v) is 6.16. The summed E-state index contributed by atoms with van der Waals surface area (Å²) in [6, 6.07) is 0. The van der Waals surface area contributed by atoms with Gasteiger partial charge in [0.2, 0.25) is 35.7 Å². The Morgan fingerprint density at radius 2 is 1.33 bits per heavy atom. The van der Waals surface area contributed by atoms with E-state index in [1.165, 1.54) is 0 Å². The number of nitrogens with one attached hydrogen (secondary N) is 3. The lowest BCUT2D eigenvalue weighted by molar-refractivity contribution is 0.782. The predicted octanol–water partition coefficient (Wildman–Crippen LogP) is 0.167. The summed E-state index contributed by atoms with van der Waals surface area (Å²) in [6.07, 6.45) is 4.14. The minimum atomic E-state index is 0.180. The summed E-state index contributed by atoms with van der Waals surface area (Å²) in [5, 5.41) is 9.19. The number of hydrogen-bond acceptors (Lipinski definition) is 12. The first kappa shape index (κ1) is 18.6. The van der Waals surface area contributed by atoms with Gasteiger partial charge in [0, 0.05) is 33.2 Å². The molecule has 0 spiro atoms. The van der Waals surface area contributed by atoms with Gasteiger partial charge in [0.25, 0.3) is 0 Å². The van der Waals surface area contributed by atoms with Crippen LogP contribution >= 0.6 is 0 Å². The van der Waals surface area contributed by atoms with E-state index in [1.807, 2.05) is 0 Å². The van der Waals surface area contributed by atoms with Crippen molar-refractivity contribution in [1.82, 2.24) is 29.9 Å². The third kappa shape index (κ3) is 5.39. The molecule has 0 unspecified atom stereocenters. The van der Waals surface area contributed by atoms with E-state index >= 15 is 0 Å². The van der Waals surface area contributed by atoms with Crippen molar-refractivity contribution < 1.29 is 0 Å². The molecule has 1 fully saturated rings. The van der Waals surface area contributed by atoms with Gasteiger partial charge in [-0.15, -0.1) is 0 Å². The molecule has 3 heterocycles. The number of aromatic nitrogens is 6. The first-order valence-electron chi connectivity index (χ1n) is 9.07. The van der Waals surface area contributed by atoms with Crippen LogP contribution in [0.25, 0.3) is 0 Å². The van der Waals surface area contributed by atoms with Crippen LogP contribution in [0.15, 0.2) is 0 Å². The van der Waals surface area contributed by atoms with E-state index in [0.29, 0.717) is 30.3 Å². The maximum atomic E-state index is 5.81. The smallest absolute Gasteiger partial charge is 0.231 e. The summed E-state index contributed by atoms with van der Waals surface area (Å²) in [7, 11) is 1.73. The topological polar surface area (TPSA) is 169 Å². The number of unbranched alkanes of at least 4 members (excludes halogenated alkanes) is 1. The zero-order valence-corrected chi connectivity index (χ0v) is 15.4. The second kappa shape index (κ2) is 8.96. The lowest BCUT2D eigenvalue weighted by Crippen LogP contribution is -2.22. The molecule has 2 aromatic rings. The molecule has 0 saturated carbocycles.